The van der Waals surface area contributed by atoms with Gasteiger partial charge in [0.05, 0.1) is 11.3 Å². The topological polar surface area (TPSA) is 81.8 Å². The Morgan fingerprint density at radius 2 is 2.09 bits per heavy atom. The monoisotopic (exact) mass is 299 g/mol. The van der Waals surface area contributed by atoms with Gasteiger partial charge in [0.25, 0.3) is 5.91 Å². The van der Waals surface area contributed by atoms with Gasteiger partial charge in [0.15, 0.2) is 0 Å². The van der Waals surface area contributed by atoms with Crippen molar-refractivity contribution in [2.24, 2.45) is 0 Å². The predicted octanol–water partition coefficient (Wildman–Crippen LogP) is 1.62. The Kier molecular flexibility index (Phi) is 3.26. The number of nitrogens with zero attached hydrogens (tertiary/aromatic N) is 1. The first kappa shape index (κ1) is 13.6. The maximum atomic E-state index is 12.2. The third-order valence-electron chi connectivity index (χ3n) is 4.88. The normalized spacial score (nSPS) is 27.0. The summed E-state index contributed by atoms with van der Waals surface area (Å²) in [5, 5.41) is 11.0. The van der Waals surface area contributed by atoms with Gasteiger partial charge < -0.3 is 20.9 Å². The molecule has 2 saturated heterocycles. The van der Waals surface area contributed by atoms with Gasteiger partial charge in [-0.25, -0.2) is 4.98 Å². The number of aromatic amines is 1. The van der Waals surface area contributed by atoms with Crippen LogP contribution < -0.4 is 16.0 Å². The van der Waals surface area contributed by atoms with Gasteiger partial charge in [0.2, 0.25) is 0 Å². The van der Waals surface area contributed by atoms with E-state index in [1.165, 1.54) is 12.8 Å². The van der Waals surface area contributed by atoms with Crippen LogP contribution in [0, 0.1) is 0 Å². The van der Waals surface area contributed by atoms with Gasteiger partial charge in [0.1, 0.15) is 5.65 Å². The molecule has 4 rings (SSSR count). The van der Waals surface area contributed by atoms with Crippen LogP contribution in [0.5, 0.6) is 0 Å². The summed E-state index contributed by atoms with van der Waals surface area (Å²) in [6.45, 7) is 0. The van der Waals surface area contributed by atoms with E-state index in [-0.39, 0.29) is 5.91 Å². The summed E-state index contributed by atoms with van der Waals surface area (Å²) >= 11 is 0. The number of carbonyl (C=O) groups is 1. The van der Waals surface area contributed by atoms with E-state index < -0.39 is 0 Å². The highest BCUT2D eigenvalue weighted by Crippen LogP contribution is 2.32. The molecule has 22 heavy (non-hydrogen) atoms. The highest BCUT2D eigenvalue weighted by Gasteiger charge is 2.34. The molecule has 6 nitrogen and oxygen atoms in total. The number of hydrogen-bond acceptors (Lipinski definition) is 4. The molecule has 116 valence electrons. The third kappa shape index (κ3) is 2.23. The summed E-state index contributed by atoms with van der Waals surface area (Å²) < 4.78 is 0. The molecule has 2 aliphatic heterocycles. The zero-order valence-electron chi connectivity index (χ0n) is 12.6. The van der Waals surface area contributed by atoms with Gasteiger partial charge in [-0.3, -0.25) is 4.79 Å². The highest BCUT2D eigenvalue weighted by atomic mass is 16.1. The number of aromatic nitrogens is 2. The van der Waals surface area contributed by atoms with Crippen LogP contribution in [0.25, 0.3) is 11.0 Å². The number of fused-ring (bicyclic) bond motifs is 3. The molecule has 0 aromatic carbocycles. The van der Waals surface area contributed by atoms with Crippen molar-refractivity contribution in [3.8, 4) is 0 Å². The van der Waals surface area contributed by atoms with Crippen molar-refractivity contribution < 1.29 is 4.79 Å². The van der Waals surface area contributed by atoms with E-state index in [9.17, 15) is 4.79 Å². The van der Waals surface area contributed by atoms with Crippen molar-refractivity contribution in [1.29, 1.82) is 0 Å². The number of pyridine rings is 1. The molecule has 2 aromatic rings. The highest BCUT2D eigenvalue weighted by molar-refractivity contribution is 6.06. The SMILES string of the molecule is CNC(=O)c1cnc2[nH]ccc2c1NC1CC2CCC(C1)N2. The second-order valence-corrected chi connectivity index (χ2v) is 6.32. The van der Waals surface area contributed by atoms with E-state index in [2.05, 4.69) is 25.9 Å². The molecule has 2 atom stereocenters. The van der Waals surface area contributed by atoms with E-state index in [1.807, 2.05) is 12.3 Å². The van der Waals surface area contributed by atoms with Crippen LogP contribution >= 0.6 is 0 Å². The minimum atomic E-state index is -0.102. The van der Waals surface area contributed by atoms with E-state index in [1.54, 1.807) is 13.2 Å². The van der Waals surface area contributed by atoms with E-state index >= 15 is 0 Å². The molecule has 0 aliphatic carbocycles. The average molecular weight is 299 g/mol. The molecule has 1 amide bonds. The Morgan fingerprint density at radius 1 is 1.32 bits per heavy atom. The zero-order valence-corrected chi connectivity index (χ0v) is 12.6. The van der Waals surface area contributed by atoms with E-state index in [0.717, 1.165) is 29.6 Å². The number of H-pyrrole nitrogens is 1. The van der Waals surface area contributed by atoms with Gasteiger partial charge in [-0.05, 0) is 31.7 Å². The summed E-state index contributed by atoms with van der Waals surface area (Å²) in [4.78, 5) is 19.6. The van der Waals surface area contributed by atoms with E-state index in [4.69, 9.17) is 0 Å². The Balaban J connectivity index is 1.69. The molecular weight excluding hydrogens is 278 g/mol. The fourth-order valence-corrected chi connectivity index (χ4v) is 3.85. The van der Waals surface area contributed by atoms with Crippen molar-refractivity contribution in [3.63, 3.8) is 0 Å². The van der Waals surface area contributed by atoms with Gasteiger partial charge in [-0.1, -0.05) is 0 Å². The third-order valence-corrected chi connectivity index (χ3v) is 4.88. The standard InChI is InChI=1S/C16H21N5O/c1-17-16(22)13-8-19-15-12(4-5-18-15)14(13)21-11-6-9-2-3-10(7-11)20-9/h4-5,8-11,20H,2-3,6-7H2,1H3,(H,17,22)(H2,18,19,21). The lowest BCUT2D eigenvalue weighted by Crippen LogP contribution is -2.43. The first-order chi connectivity index (χ1) is 10.7. The first-order valence-electron chi connectivity index (χ1n) is 7.95. The minimum absolute atomic E-state index is 0.102. The summed E-state index contributed by atoms with van der Waals surface area (Å²) in [5.41, 5.74) is 2.32. The fourth-order valence-electron chi connectivity index (χ4n) is 3.85. The van der Waals surface area contributed by atoms with Crippen molar-refractivity contribution in [1.82, 2.24) is 20.6 Å². The maximum Gasteiger partial charge on any atom is 0.254 e. The lowest BCUT2D eigenvalue weighted by Gasteiger charge is -2.31. The summed E-state index contributed by atoms with van der Waals surface area (Å²) in [5.74, 6) is -0.102. The zero-order chi connectivity index (χ0) is 15.1. The van der Waals surface area contributed by atoms with Crippen LogP contribution in [0.2, 0.25) is 0 Å². The second-order valence-electron chi connectivity index (χ2n) is 6.32. The molecule has 2 fully saturated rings. The van der Waals surface area contributed by atoms with Crippen LogP contribution in [0.15, 0.2) is 18.5 Å². The number of piperidine rings is 1. The molecule has 6 heteroatoms. The van der Waals surface area contributed by atoms with Crippen LogP contribution in [0.3, 0.4) is 0 Å². The lowest BCUT2D eigenvalue weighted by molar-refractivity contribution is 0.0963. The van der Waals surface area contributed by atoms with Gasteiger partial charge >= 0.3 is 0 Å². The number of carbonyl (C=O) groups excluding carboxylic acids is 1. The minimum Gasteiger partial charge on any atom is -0.381 e. The number of nitrogens with one attached hydrogen (secondary N) is 4. The molecule has 0 saturated carbocycles. The van der Waals surface area contributed by atoms with Crippen molar-refractivity contribution in [2.45, 2.75) is 43.8 Å². The van der Waals surface area contributed by atoms with Crippen molar-refractivity contribution >= 4 is 22.6 Å². The van der Waals surface area contributed by atoms with Crippen LogP contribution in [-0.2, 0) is 0 Å². The molecule has 2 aliphatic rings. The van der Waals surface area contributed by atoms with Gasteiger partial charge in [0, 0.05) is 43.0 Å². The predicted molar refractivity (Wildman–Crippen MR) is 86.1 cm³/mol. The quantitative estimate of drug-likeness (QED) is 0.694. The average Bonchev–Trinajstić information content (AvgIpc) is 3.13. The Bertz CT molecular complexity index is 698. The fraction of sp³-hybridized carbons (Fsp3) is 0.500. The summed E-state index contributed by atoms with van der Waals surface area (Å²) in [6, 6.07) is 3.61. The van der Waals surface area contributed by atoms with E-state index in [0.29, 0.717) is 23.7 Å². The van der Waals surface area contributed by atoms with Crippen LogP contribution in [-0.4, -0.2) is 41.0 Å². The number of rotatable bonds is 3. The second kappa shape index (κ2) is 5.28. The Hall–Kier alpha value is -2.08. The van der Waals surface area contributed by atoms with Gasteiger partial charge in [-0.2, -0.15) is 0 Å². The van der Waals surface area contributed by atoms with Crippen molar-refractivity contribution in [2.75, 3.05) is 12.4 Å². The first-order valence-corrected chi connectivity index (χ1v) is 7.95. The molecule has 4 N–H and O–H groups in total. The smallest absolute Gasteiger partial charge is 0.254 e. The van der Waals surface area contributed by atoms with Crippen LogP contribution in [0.1, 0.15) is 36.0 Å². The molecule has 2 aromatic heterocycles. The largest absolute Gasteiger partial charge is 0.381 e. The molecule has 0 radical (unpaired) electrons. The molecule has 2 unspecified atom stereocenters. The molecule has 0 spiro atoms. The lowest BCUT2D eigenvalue weighted by atomic mass is 9.98. The molecule has 4 heterocycles. The Morgan fingerprint density at radius 3 is 2.82 bits per heavy atom. The van der Waals surface area contributed by atoms with Gasteiger partial charge in [-0.15, -0.1) is 0 Å². The summed E-state index contributed by atoms with van der Waals surface area (Å²) in [7, 11) is 1.65. The summed E-state index contributed by atoms with van der Waals surface area (Å²) in [6.07, 6.45) is 8.26. The number of anilines is 1. The van der Waals surface area contributed by atoms with Crippen molar-refractivity contribution in [3.05, 3.63) is 24.0 Å². The number of amides is 1. The molecule has 2 bridgehead atoms. The Labute approximate surface area is 129 Å². The number of hydrogen-bond donors (Lipinski definition) is 4. The molecular formula is C16H21N5O. The van der Waals surface area contributed by atoms with Crippen LogP contribution in [0.4, 0.5) is 5.69 Å². The maximum absolute atomic E-state index is 12.2.